The Labute approximate surface area is 215 Å². The first kappa shape index (κ1) is 25.2. The summed E-state index contributed by atoms with van der Waals surface area (Å²) in [6.07, 6.45) is 0. The Balaban J connectivity index is 2.04. The summed E-state index contributed by atoms with van der Waals surface area (Å²) in [7, 11) is 1.32. The summed E-state index contributed by atoms with van der Waals surface area (Å²) in [4.78, 5) is 38.4. The Hall–Kier alpha value is -4.88. The van der Waals surface area contributed by atoms with Gasteiger partial charge >= 0.3 is 5.69 Å². The molecular formula is C26H18ClN3O7. The van der Waals surface area contributed by atoms with Crippen molar-refractivity contribution in [1.82, 2.24) is 0 Å². The molecular weight excluding hydrogens is 502 g/mol. The van der Waals surface area contributed by atoms with Crippen LogP contribution < -0.4 is 9.64 Å². The van der Waals surface area contributed by atoms with E-state index in [1.807, 2.05) is 6.07 Å². The highest BCUT2D eigenvalue weighted by molar-refractivity contribution is 6.51. The molecule has 4 rings (SSSR count). The van der Waals surface area contributed by atoms with E-state index in [1.165, 1.54) is 43.5 Å². The predicted molar refractivity (Wildman–Crippen MR) is 133 cm³/mol. The van der Waals surface area contributed by atoms with Gasteiger partial charge in [0.25, 0.3) is 11.7 Å². The van der Waals surface area contributed by atoms with Crippen LogP contribution >= 0.6 is 11.6 Å². The standard InChI is InChI=1S/C26H18ClN3O7/c1-13-9-17(25(37-2)18(27)10-13)23(32)21-22(15-5-8-20(31)19(11-15)30(35)36)29(26(34)24(21)33)16-6-3-14(12-28)4-7-16/h3-11,22,31-32H,1-2H3/b23-21+. The van der Waals surface area contributed by atoms with Crippen molar-refractivity contribution in [2.45, 2.75) is 13.0 Å². The molecule has 1 atom stereocenters. The van der Waals surface area contributed by atoms with Crippen LogP contribution in [0.2, 0.25) is 5.02 Å². The molecule has 1 heterocycles. The molecule has 2 N–H and O–H groups in total. The number of aliphatic hydroxyl groups is 1. The monoisotopic (exact) mass is 519 g/mol. The number of aryl methyl sites for hydroxylation is 1. The number of Topliss-reactive ketones (excluding diaryl/α,β-unsaturated/α-hetero) is 1. The normalized spacial score (nSPS) is 16.5. The summed E-state index contributed by atoms with van der Waals surface area (Å²) in [5, 5.41) is 42.1. The maximum absolute atomic E-state index is 13.3. The number of halogens is 1. The SMILES string of the molecule is COc1c(Cl)cc(C)cc1/C(O)=C1\C(=O)C(=O)N(c2ccc(C#N)cc2)C1c1ccc(O)c([N+](=O)[O-])c1. The first-order valence-electron chi connectivity index (χ1n) is 10.7. The number of hydrogen-bond acceptors (Lipinski definition) is 8. The molecule has 0 bridgehead atoms. The highest BCUT2D eigenvalue weighted by Crippen LogP contribution is 2.45. The number of ether oxygens (including phenoxy) is 1. The number of anilines is 1. The molecule has 3 aromatic carbocycles. The maximum Gasteiger partial charge on any atom is 0.311 e. The van der Waals surface area contributed by atoms with Gasteiger partial charge in [0.05, 0.1) is 45.9 Å². The van der Waals surface area contributed by atoms with Gasteiger partial charge in [-0.1, -0.05) is 17.7 Å². The number of nitriles is 1. The molecule has 1 unspecified atom stereocenters. The summed E-state index contributed by atoms with van der Waals surface area (Å²) in [5.41, 5.74) is 0.237. The number of benzene rings is 3. The van der Waals surface area contributed by atoms with E-state index in [0.717, 1.165) is 17.0 Å². The zero-order chi connectivity index (χ0) is 27.0. The van der Waals surface area contributed by atoms with E-state index in [0.29, 0.717) is 11.1 Å². The molecule has 1 aliphatic heterocycles. The van der Waals surface area contributed by atoms with E-state index in [-0.39, 0.29) is 33.2 Å². The fraction of sp³-hybridized carbons (Fsp3) is 0.115. The Kier molecular flexibility index (Phi) is 6.57. The summed E-state index contributed by atoms with van der Waals surface area (Å²) >= 11 is 6.28. The van der Waals surface area contributed by atoms with E-state index < -0.39 is 39.9 Å². The first-order valence-corrected chi connectivity index (χ1v) is 11.1. The van der Waals surface area contributed by atoms with Gasteiger partial charge in [-0.25, -0.2) is 0 Å². The number of ketones is 1. The summed E-state index contributed by atoms with van der Waals surface area (Å²) in [6.45, 7) is 1.71. The van der Waals surface area contributed by atoms with Gasteiger partial charge in [-0.2, -0.15) is 5.26 Å². The van der Waals surface area contributed by atoms with Gasteiger partial charge < -0.3 is 14.9 Å². The van der Waals surface area contributed by atoms with Gasteiger partial charge in [0.15, 0.2) is 5.75 Å². The van der Waals surface area contributed by atoms with E-state index in [4.69, 9.17) is 21.6 Å². The number of carbonyl (C=O) groups is 2. The molecule has 37 heavy (non-hydrogen) atoms. The second kappa shape index (κ2) is 9.64. The van der Waals surface area contributed by atoms with E-state index in [2.05, 4.69) is 0 Å². The van der Waals surface area contributed by atoms with Gasteiger partial charge in [0, 0.05) is 11.8 Å². The lowest BCUT2D eigenvalue weighted by atomic mass is 9.94. The molecule has 0 spiro atoms. The molecule has 186 valence electrons. The number of nitro benzene ring substituents is 1. The highest BCUT2D eigenvalue weighted by atomic mass is 35.5. The number of nitrogens with zero attached hydrogens (tertiary/aromatic N) is 3. The zero-order valence-electron chi connectivity index (χ0n) is 19.4. The van der Waals surface area contributed by atoms with Gasteiger partial charge in [0.1, 0.15) is 11.5 Å². The molecule has 11 heteroatoms. The Morgan fingerprint density at radius 2 is 1.84 bits per heavy atom. The van der Waals surface area contributed by atoms with Crippen LogP contribution in [-0.4, -0.2) is 33.9 Å². The second-order valence-corrected chi connectivity index (χ2v) is 8.57. The van der Waals surface area contributed by atoms with Gasteiger partial charge in [-0.3, -0.25) is 24.6 Å². The minimum absolute atomic E-state index is 0.0450. The third-order valence-electron chi connectivity index (χ3n) is 5.88. The zero-order valence-corrected chi connectivity index (χ0v) is 20.2. The molecule has 1 fully saturated rings. The first-order chi connectivity index (χ1) is 17.6. The maximum atomic E-state index is 13.3. The number of phenols is 1. The van der Waals surface area contributed by atoms with Crippen LogP contribution in [0.1, 0.15) is 28.3 Å². The molecule has 1 amide bonds. The third-order valence-corrected chi connectivity index (χ3v) is 6.16. The van der Waals surface area contributed by atoms with Crippen LogP contribution in [0.25, 0.3) is 5.76 Å². The number of phenolic OH excluding ortho intramolecular Hbond substituents is 1. The Bertz CT molecular complexity index is 1540. The molecule has 3 aromatic rings. The smallest absolute Gasteiger partial charge is 0.311 e. The van der Waals surface area contributed by atoms with E-state index in [1.54, 1.807) is 13.0 Å². The van der Waals surface area contributed by atoms with Crippen molar-refractivity contribution < 1.29 is 29.5 Å². The number of methoxy groups -OCH3 is 1. The minimum Gasteiger partial charge on any atom is -0.507 e. The van der Waals surface area contributed by atoms with Crippen molar-refractivity contribution in [3.8, 4) is 17.6 Å². The van der Waals surface area contributed by atoms with Crippen LogP contribution in [0.5, 0.6) is 11.5 Å². The molecule has 1 aliphatic rings. The third kappa shape index (κ3) is 4.32. The molecule has 1 saturated heterocycles. The van der Waals surface area contributed by atoms with Crippen molar-refractivity contribution in [1.29, 1.82) is 5.26 Å². The van der Waals surface area contributed by atoms with E-state index in [9.17, 15) is 29.9 Å². The largest absolute Gasteiger partial charge is 0.507 e. The number of aliphatic hydroxyl groups excluding tert-OH is 1. The summed E-state index contributed by atoms with van der Waals surface area (Å²) in [5.74, 6) is -3.22. The lowest BCUT2D eigenvalue weighted by Gasteiger charge is -2.25. The Morgan fingerprint density at radius 3 is 2.43 bits per heavy atom. The van der Waals surface area contributed by atoms with E-state index >= 15 is 0 Å². The number of hydrogen-bond donors (Lipinski definition) is 2. The second-order valence-electron chi connectivity index (χ2n) is 8.16. The van der Waals surface area contributed by atoms with Crippen molar-refractivity contribution in [2.24, 2.45) is 0 Å². The summed E-state index contributed by atoms with van der Waals surface area (Å²) in [6, 6.07) is 12.9. The number of nitro groups is 1. The van der Waals surface area contributed by atoms with Gasteiger partial charge in [0.2, 0.25) is 0 Å². The van der Waals surface area contributed by atoms with Crippen LogP contribution in [0, 0.1) is 28.4 Å². The number of amides is 1. The highest BCUT2D eigenvalue weighted by Gasteiger charge is 2.47. The average molecular weight is 520 g/mol. The van der Waals surface area contributed by atoms with Crippen LogP contribution in [0.3, 0.4) is 0 Å². The molecule has 10 nitrogen and oxygen atoms in total. The van der Waals surface area contributed by atoms with Crippen molar-refractivity contribution in [2.75, 3.05) is 12.0 Å². The number of aromatic hydroxyl groups is 1. The minimum atomic E-state index is -1.32. The average Bonchev–Trinajstić information content (AvgIpc) is 3.13. The molecule has 0 saturated carbocycles. The molecule has 0 radical (unpaired) electrons. The fourth-order valence-electron chi connectivity index (χ4n) is 4.22. The fourth-order valence-corrected chi connectivity index (χ4v) is 4.58. The number of carbonyl (C=O) groups excluding carboxylic acids is 2. The van der Waals surface area contributed by atoms with Gasteiger partial charge in [-0.15, -0.1) is 0 Å². The van der Waals surface area contributed by atoms with Crippen LogP contribution in [0.4, 0.5) is 11.4 Å². The van der Waals surface area contributed by atoms with Crippen LogP contribution in [-0.2, 0) is 9.59 Å². The predicted octanol–water partition coefficient (Wildman–Crippen LogP) is 4.77. The molecule has 0 aliphatic carbocycles. The van der Waals surface area contributed by atoms with Crippen LogP contribution in [0.15, 0.2) is 60.2 Å². The number of rotatable bonds is 5. The summed E-state index contributed by atoms with van der Waals surface area (Å²) < 4.78 is 5.33. The van der Waals surface area contributed by atoms with Crippen molar-refractivity contribution in [3.05, 3.63) is 97.6 Å². The van der Waals surface area contributed by atoms with Gasteiger partial charge in [-0.05, 0) is 60.5 Å². The quantitative estimate of drug-likeness (QED) is 0.161. The topological polar surface area (TPSA) is 154 Å². The Morgan fingerprint density at radius 1 is 1.16 bits per heavy atom. The van der Waals surface area contributed by atoms with Crippen molar-refractivity contribution in [3.63, 3.8) is 0 Å². The lowest BCUT2D eigenvalue weighted by molar-refractivity contribution is -0.385. The lowest BCUT2D eigenvalue weighted by Crippen LogP contribution is -2.29. The molecule has 0 aromatic heterocycles. The van der Waals surface area contributed by atoms with Crippen molar-refractivity contribution >= 4 is 40.4 Å².